The monoisotopic (exact) mass is 522 g/mol. The molecule has 0 atom stereocenters. The maximum atomic E-state index is 12.5. The van der Waals surface area contributed by atoms with E-state index in [0.717, 1.165) is 56.0 Å². The van der Waals surface area contributed by atoms with Crippen molar-refractivity contribution in [2.24, 2.45) is 0 Å². The second-order valence-corrected chi connectivity index (χ2v) is 8.54. The Labute approximate surface area is 193 Å². The first-order valence-electron chi connectivity index (χ1n) is 9.96. The zero-order chi connectivity index (χ0) is 21.4. The SMILES string of the molecule is COc1ccc2c(c1)CCc1c-2noc1-c1ccc(NC(=O)c2ccccc2I)cc1. The van der Waals surface area contributed by atoms with Crippen molar-refractivity contribution >= 4 is 34.2 Å². The fourth-order valence-electron chi connectivity index (χ4n) is 3.92. The van der Waals surface area contributed by atoms with Crippen LogP contribution in [0.3, 0.4) is 0 Å². The molecule has 4 aromatic rings. The summed E-state index contributed by atoms with van der Waals surface area (Å²) >= 11 is 2.17. The molecule has 0 bridgehead atoms. The summed E-state index contributed by atoms with van der Waals surface area (Å²) in [7, 11) is 1.68. The minimum absolute atomic E-state index is 0.123. The number of nitrogens with one attached hydrogen (secondary N) is 1. The number of fused-ring (bicyclic) bond motifs is 3. The number of hydrogen-bond donors (Lipinski definition) is 1. The molecule has 0 saturated heterocycles. The molecule has 31 heavy (non-hydrogen) atoms. The van der Waals surface area contributed by atoms with E-state index < -0.39 is 0 Å². The molecule has 1 N–H and O–H groups in total. The number of methoxy groups -OCH3 is 1. The summed E-state index contributed by atoms with van der Waals surface area (Å²) < 4.78 is 12.0. The first-order valence-corrected chi connectivity index (χ1v) is 11.0. The molecule has 0 unspecified atom stereocenters. The van der Waals surface area contributed by atoms with E-state index in [9.17, 15) is 4.79 Å². The highest BCUT2D eigenvalue weighted by molar-refractivity contribution is 14.1. The van der Waals surface area contributed by atoms with Crippen LogP contribution in [0.25, 0.3) is 22.6 Å². The molecule has 0 radical (unpaired) electrons. The molecule has 0 saturated carbocycles. The van der Waals surface area contributed by atoms with Crippen LogP contribution in [0.4, 0.5) is 5.69 Å². The molecule has 6 heteroatoms. The van der Waals surface area contributed by atoms with Crippen molar-refractivity contribution in [2.45, 2.75) is 12.8 Å². The van der Waals surface area contributed by atoms with Gasteiger partial charge in [-0.15, -0.1) is 0 Å². The first kappa shape index (κ1) is 19.8. The zero-order valence-electron chi connectivity index (χ0n) is 16.8. The fraction of sp³-hybridized carbons (Fsp3) is 0.120. The summed E-state index contributed by atoms with van der Waals surface area (Å²) in [6.45, 7) is 0. The number of rotatable bonds is 4. The van der Waals surface area contributed by atoms with Crippen LogP contribution in [-0.2, 0) is 12.8 Å². The highest BCUT2D eigenvalue weighted by Gasteiger charge is 2.25. The number of ether oxygens (including phenoxy) is 1. The molecule has 1 amide bonds. The lowest BCUT2D eigenvalue weighted by atomic mass is 9.88. The van der Waals surface area contributed by atoms with Gasteiger partial charge in [0.1, 0.15) is 11.4 Å². The van der Waals surface area contributed by atoms with E-state index in [0.29, 0.717) is 5.56 Å². The van der Waals surface area contributed by atoms with Gasteiger partial charge in [0.2, 0.25) is 0 Å². The molecule has 0 fully saturated rings. The van der Waals surface area contributed by atoms with Crippen LogP contribution < -0.4 is 10.1 Å². The molecule has 0 aliphatic heterocycles. The van der Waals surface area contributed by atoms with Gasteiger partial charge in [-0.1, -0.05) is 17.3 Å². The topological polar surface area (TPSA) is 64.4 Å². The Hall–Kier alpha value is -3.13. The first-order chi connectivity index (χ1) is 15.1. The number of carbonyl (C=O) groups excluding carboxylic acids is 1. The Kier molecular flexibility index (Phi) is 5.23. The normalized spacial score (nSPS) is 12.1. The maximum Gasteiger partial charge on any atom is 0.256 e. The molecule has 154 valence electrons. The minimum atomic E-state index is -0.123. The van der Waals surface area contributed by atoms with Crippen LogP contribution in [0, 0.1) is 3.57 Å². The fourth-order valence-corrected chi connectivity index (χ4v) is 4.56. The maximum absolute atomic E-state index is 12.5. The second-order valence-electron chi connectivity index (χ2n) is 7.37. The molecule has 5 rings (SSSR count). The van der Waals surface area contributed by atoms with E-state index >= 15 is 0 Å². The lowest BCUT2D eigenvalue weighted by molar-refractivity contribution is 0.102. The van der Waals surface area contributed by atoms with Crippen LogP contribution in [0.2, 0.25) is 0 Å². The summed E-state index contributed by atoms with van der Waals surface area (Å²) in [6, 6.07) is 21.3. The van der Waals surface area contributed by atoms with Gasteiger partial charge in [0.15, 0.2) is 5.76 Å². The van der Waals surface area contributed by atoms with Crippen LogP contribution >= 0.6 is 22.6 Å². The van der Waals surface area contributed by atoms with Crippen LogP contribution in [0.5, 0.6) is 5.75 Å². The third-order valence-corrected chi connectivity index (χ3v) is 6.46. The van der Waals surface area contributed by atoms with Crippen molar-refractivity contribution in [2.75, 3.05) is 12.4 Å². The summed E-state index contributed by atoms with van der Waals surface area (Å²) in [6.07, 6.45) is 1.77. The third kappa shape index (κ3) is 3.72. The van der Waals surface area contributed by atoms with Crippen molar-refractivity contribution in [3.8, 4) is 28.3 Å². The zero-order valence-corrected chi connectivity index (χ0v) is 19.0. The number of hydrogen-bond acceptors (Lipinski definition) is 4. The van der Waals surface area contributed by atoms with Gasteiger partial charge in [-0.25, -0.2) is 0 Å². The van der Waals surface area contributed by atoms with E-state index in [2.05, 4.69) is 39.1 Å². The van der Waals surface area contributed by atoms with Crippen molar-refractivity contribution < 1.29 is 14.1 Å². The van der Waals surface area contributed by atoms with Crippen molar-refractivity contribution in [1.82, 2.24) is 5.16 Å². The largest absolute Gasteiger partial charge is 0.497 e. The predicted octanol–water partition coefficient (Wildman–Crippen LogP) is 5.97. The molecule has 1 aliphatic rings. The number of nitrogens with zero attached hydrogens (tertiary/aromatic N) is 1. The van der Waals surface area contributed by atoms with Crippen molar-refractivity contribution in [3.05, 3.63) is 87.0 Å². The lowest BCUT2D eigenvalue weighted by Gasteiger charge is -2.16. The quantitative estimate of drug-likeness (QED) is 0.336. The summed E-state index contributed by atoms with van der Waals surface area (Å²) in [5.74, 6) is 1.52. The summed E-state index contributed by atoms with van der Waals surface area (Å²) in [4.78, 5) is 12.5. The molecular formula is C25H19IN2O3. The van der Waals surface area contributed by atoms with Gasteiger partial charge in [-0.3, -0.25) is 4.79 Å². The molecule has 5 nitrogen and oxygen atoms in total. The molecule has 3 aromatic carbocycles. The van der Waals surface area contributed by atoms with E-state index in [4.69, 9.17) is 9.26 Å². The van der Waals surface area contributed by atoms with Gasteiger partial charge in [0.05, 0.1) is 12.7 Å². The minimum Gasteiger partial charge on any atom is -0.497 e. The number of aryl methyl sites for hydroxylation is 1. The predicted molar refractivity (Wildman–Crippen MR) is 128 cm³/mol. The van der Waals surface area contributed by atoms with Crippen LogP contribution in [0.15, 0.2) is 71.3 Å². The smallest absolute Gasteiger partial charge is 0.256 e. The van der Waals surface area contributed by atoms with E-state index in [1.807, 2.05) is 60.7 Å². The number of carbonyl (C=O) groups is 1. The number of aromatic nitrogens is 1. The average Bonchev–Trinajstić information content (AvgIpc) is 3.24. The Bertz CT molecular complexity index is 1280. The molecule has 1 aliphatic carbocycles. The van der Waals surface area contributed by atoms with E-state index in [1.54, 1.807) is 7.11 Å². The molecule has 1 aromatic heterocycles. The lowest BCUT2D eigenvalue weighted by Crippen LogP contribution is -2.13. The third-order valence-electron chi connectivity index (χ3n) is 5.52. The number of halogens is 1. The Morgan fingerprint density at radius 2 is 1.87 bits per heavy atom. The molecular weight excluding hydrogens is 503 g/mol. The number of benzene rings is 3. The number of amides is 1. The molecule has 1 heterocycles. The molecule has 0 spiro atoms. The highest BCUT2D eigenvalue weighted by atomic mass is 127. The Morgan fingerprint density at radius 1 is 1.06 bits per heavy atom. The van der Waals surface area contributed by atoms with Crippen LogP contribution in [-0.4, -0.2) is 18.2 Å². The summed E-state index contributed by atoms with van der Waals surface area (Å²) in [5, 5.41) is 7.32. The van der Waals surface area contributed by atoms with Gasteiger partial charge in [-0.2, -0.15) is 0 Å². The average molecular weight is 522 g/mol. The summed E-state index contributed by atoms with van der Waals surface area (Å²) in [5.41, 5.74) is 6.67. The van der Waals surface area contributed by atoms with Gasteiger partial charge in [-0.05, 0) is 95.6 Å². The Morgan fingerprint density at radius 3 is 2.65 bits per heavy atom. The van der Waals surface area contributed by atoms with Crippen molar-refractivity contribution in [1.29, 1.82) is 0 Å². The standard InChI is InChI=1S/C25H19IN2O3/c1-30-18-11-13-19-16(14-18)8-12-21-23(19)28-31-24(21)15-6-9-17(10-7-15)27-25(29)20-4-2-3-5-22(20)26/h2-7,9-11,13-14H,8,12H2,1H3,(H,27,29). The van der Waals surface area contributed by atoms with Crippen molar-refractivity contribution in [3.63, 3.8) is 0 Å². The van der Waals surface area contributed by atoms with Gasteiger partial charge < -0.3 is 14.6 Å². The second kappa shape index (κ2) is 8.19. The van der Waals surface area contributed by atoms with Crippen LogP contribution in [0.1, 0.15) is 21.5 Å². The van der Waals surface area contributed by atoms with E-state index in [1.165, 1.54) is 5.56 Å². The Balaban J connectivity index is 1.39. The van der Waals surface area contributed by atoms with Gasteiger partial charge in [0.25, 0.3) is 5.91 Å². The van der Waals surface area contributed by atoms with E-state index in [-0.39, 0.29) is 5.91 Å². The number of anilines is 1. The highest BCUT2D eigenvalue weighted by Crippen LogP contribution is 2.39. The van der Waals surface area contributed by atoms with Gasteiger partial charge >= 0.3 is 0 Å². The van der Waals surface area contributed by atoms with Gasteiger partial charge in [0, 0.05) is 25.9 Å².